The molecule has 0 aliphatic carbocycles. The predicted molar refractivity (Wildman–Crippen MR) is 75.2 cm³/mol. The molecule has 0 saturated heterocycles. The second-order valence-corrected chi connectivity index (χ2v) is 4.16. The van der Waals surface area contributed by atoms with Gasteiger partial charge in [-0.25, -0.2) is 4.98 Å². The molecule has 0 aliphatic heterocycles. The van der Waals surface area contributed by atoms with Gasteiger partial charge in [-0.15, -0.1) is 0 Å². The summed E-state index contributed by atoms with van der Waals surface area (Å²) < 4.78 is 5.24. The Bertz CT molecular complexity index is 635. The molecule has 0 bridgehead atoms. The largest absolute Gasteiger partial charge is 0.495 e. The molecule has 19 heavy (non-hydrogen) atoms. The Balaban J connectivity index is 2.36. The van der Waals surface area contributed by atoms with E-state index in [1.807, 2.05) is 38.1 Å². The third-order valence-electron chi connectivity index (χ3n) is 2.94. The summed E-state index contributed by atoms with van der Waals surface area (Å²) in [7, 11) is 1.60. The second-order valence-electron chi connectivity index (χ2n) is 4.16. The van der Waals surface area contributed by atoms with Gasteiger partial charge in [-0.1, -0.05) is 19.1 Å². The van der Waals surface area contributed by atoms with Crippen LogP contribution in [0, 0.1) is 6.92 Å². The lowest BCUT2D eigenvalue weighted by Gasteiger charge is -2.11. The van der Waals surface area contributed by atoms with Crippen molar-refractivity contribution in [2.45, 2.75) is 20.3 Å². The molecule has 5 heteroatoms. The van der Waals surface area contributed by atoms with Gasteiger partial charge < -0.3 is 10.1 Å². The maximum Gasteiger partial charge on any atom is 0.255 e. The van der Waals surface area contributed by atoms with Crippen LogP contribution in [-0.2, 0) is 6.42 Å². The van der Waals surface area contributed by atoms with E-state index in [1.165, 1.54) is 0 Å². The number of nitrogens with zero attached hydrogens (tertiary/aromatic N) is 1. The maximum absolute atomic E-state index is 11.9. The van der Waals surface area contributed by atoms with Crippen molar-refractivity contribution in [1.29, 1.82) is 0 Å². The average molecular weight is 259 g/mol. The Morgan fingerprint density at radius 2 is 2.11 bits per heavy atom. The van der Waals surface area contributed by atoms with E-state index in [2.05, 4.69) is 15.3 Å². The van der Waals surface area contributed by atoms with Gasteiger partial charge in [0, 0.05) is 11.3 Å². The van der Waals surface area contributed by atoms with E-state index in [4.69, 9.17) is 4.74 Å². The lowest BCUT2D eigenvalue weighted by Crippen LogP contribution is -2.17. The van der Waals surface area contributed by atoms with Crippen molar-refractivity contribution in [1.82, 2.24) is 9.97 Å². The monoisotopic (exact) mass is 259 g/mol. The zero-order valence-corrected chi connectivity index (χ0v) is 11.3. The van der Waals surface area contributed by atoms with Crippen LogP contribution in [0.2, 0.25) is 0 Å². The van der Waals surface area contributed by atoms with Crippen molar-refractivity contribution in [3.05, 3.63) is 45.9 Å². The summed E-state index contributed by atoms with van der Waals surface area (Å²) in [6.45, 7) is 3.77. The number of hydrogen-bond donors (Lipinski definition) is 2. The Kier molecular flexibility index (Phi) is 3.85. The third kappa shape index (κ3) is 2.76. The topological polar surface area (TPSA) is 67.0 Å². The fourth-order valence-electron chi connectivity index (χ4n) is 1.96. The fourth-order valence-corrected chi connectivity index (χ4v) is 1.96. The van der Waals surface area contributed by atoms with Crippen LogP contribution in [0.25, 0.3) is 0 Å². The van der Waals surface area contributed by atoms with Crippen LogP contribution < -0.4 is 15.6 Å². The van der Waals surface area contributed by atoms with Crippen molar-refractivity contribution < 1.29 is 4.74 Å². The van der Waals surface area contributed by atoms with Crippen LogP contribution in [0.3, 0.4) is 0 Å². The molecule has 0 amide bonds. The van der Waals surface area contributed by atoms with Crippen molar-refractivity contribution in [2.75, 3.05) is 12.4 Å². The van der Waals surface area contributed by atoms with Crippen LogP contribution in [0.1, 0.15) is 18.2 Å². The van der Waals surface area contributed by atoms with Gasteiger partial charge in [-0.2, -0.15) is 0 Å². The number of methoxy groups -OCH3 is 1. The predicted octanol–water partition coefficient (Wildman–Crippen LogP) is 2.39. The first-order chi connectivity index (χ1) is 9.15. The zero-order valence-electron chi connectivity index (χ0n) is 11.3. The summed E-state index contributed by atoms with van der Waals surface area (Å²) in [4.78, 5) is 19.0. The zero-order chi connectivity index (χ0) is 13.8. The van der Waals surface area contributed by atoms with Gasteiger partial charge in [0.15, 0.2) is 0 Å². The lowest BCUT2D eigenvalue weighted by atomic mass is 10.2. The standard InChI is InChI=1S/C14H17N3O2/c1-4-10-9(2)15-14(17-13(10)18)16-11-7-5-6-8-12(11)19-3/h5-8H,4H2,1-3H3,(H2,15,16,17,18). The van der Waals surface area contributed by atoms with Crippen LogP contribution >= 0.6 is 0 Å². The minimum atomic E-state index is -0.104. The number of benzene rings is 1. The molecule has 0 fully saturated rings. The van der Waals surface area contributed by atoms with Crippen LogP contribution in [0.4, 0.5) is 11.6 Å². The number of aromatic nitrogens is 2. The molecular weight excluding hydrogens is 242 g/mol. The van der Waals surface area contributed by atoms with E-state index in [-0.39, 0.29) is 5.56 Å². The Morgan fingerprint density at radius 1 is 1.37 bits per heavy atom. The van der Waals surface area contributed by atoms with E-state index in [9.17, 15) is 4.79 Å². The minimum absolute atomic E-state index is 0.104. The van der Waals surface area contributed by atoms with Crippen molar-refractivity contribution in [3.8, 4) is 5.75 Å². The van der Waals surface area contributed by atoms with Gasteiger partial charge in [-0.3, -0.25) is 9.78 Å². The molecule has 1 heterocycles. The number of aromatic amines is 1. The number of hydrogen-bond acceptors (Lipinski definition) is 4. The number of nitrogens with one attached hydrogen (secondary N) is 2. The molecule has 0 saturated carbocycles. The first kappa shape index (κ1) is 13.1. The Labute approximate surface area is 111 Å². The van der Waals surface area contributed by atoms with E-state index in [0.717, 1.165) is 11.4 Å². The highest BCUT2D eigenvalue weighted by molar-refractivity contribution is 5.62. The van der Waals surface area contributed by atoms with Gasteiger partial charge >= 0.3 is 0 Å². The second kappa shape index (κ2) is 5.56. The SMILES string of the molecule is CCc1c(C)nc(Nc2ccccc2OC)[nH]c1=O. The summed E-state index contributed by atoms with van der Waals surface area (Å²) >= 11 is 0. The van der Waals surface area contributed by atoms with Gasteiger partial charge in [0.25, 0.3) is 5.56 Å². The summed E-state index contributed by atoms with van der Waals surface area (Å²) in [5.41, 5.74) is 2.11. The normalized spacial score (nSPS) is 10.3. The highest BCUT2D eigenvalue weighted by atomic mass is 16.5. The third-order valence-corrected chi connectivity index (χ3v) is 2.94. The molecule has 2 rings (SSSR count). The van der Waals surface area contributed by atoms with Crippen molar-refractivity contribution in [2.24, 2.45) is 0 Å². The molecule has 2 aromatic rings. The number of rotatable bonds is 4. The number of para-hydroxylation sites is 2. The lowest BCUT2D eigenvalue weighted by molar-refractivity contribution is 0.417. The number of aryl methyl sites for hydroxylation is 1. The molecular formula is C14H17N3O2. The van der Waals surface area contributed by atoms with Crippen molar-refractivity contribution in [3.63, 3.8) is 0 Å². The molecule has 0 atom stereocenters. The van der Waals surface area contributed by atoms with E-state index < -0.39 is 0 Å². The van der Waals surface area contributed by atoms with Gasteiger partial charge in [0.05, 0.1) is 12.8 Å². The average Bonchev–Trinajstić information content (AvgIpc) is 2.39. The van der Waals surface area contributed by atoms with E-state index >= 15 is 0 Å². The van der Waals surface area contributed by atoms with E-state index in [1.54, 1.807) is 7.11 Å². The van der Waals surface area contributed by atoms with Gasteiger partial charge in [0.1, 0.15) is 5.75 Å². The van der Waals surface area contributed by atoms with Crippen LogP contribution in [0.15, 0.2) is 29.1 Å². The van der Waals surface area contributed by atoms with Gasteiger partial charge in [-0.05, 0) is 25.5 Å². The molecule has 0 spiro atoms. The van der Waals surface area contributed by atoms with E-state index in [0.29, 0.717) is 23.7 Å². The highest BCUT2D eigenvalue weighted by Crippen LogP contribution is 2.25. The first-order valence-electron chi connectivity index (χ1n) is 6.15. The quantitative estimate of drug-likeness (QED) is 0.884. The molecule has 0 aliphatic rings. The van der Waals surface area contributed by atoms with Gasteiger partial charge in [0.2, 0.25) is 5.95 Å². The molecule has 0 unspecified atom stereocenters. The van der Waals surface area contributed by atoms with Crippen molar-refractivity contribution >= 4 is 11.6 Å². The van der Waals surface area contributed by atoms with Crippen LogP contribution in [0.5, 0.6) is 5.75 Å². The Hall–Kier alpha value is -2.30. The summed E-state index contributed by atoms with van der Waals surface area (Å²) in [6.07, 6.45) is 0.670. The number of ether oxygens (including phenoxy) is 1. The number of anilines is 2. The summed E-state index contributed by atoms with van der Waals surface area (Å²) in [5.74, 6) is 1.12. The molecule has 1 aromatic carbocycles. The molecule has 5 nitrogen and oxygen atoms in total. The first-order valence-corrected chi connectivity index (χ1v) is 6.15. The molecule has 1 aromatic heterocycles. The van der Waals surface area contributed by atoms with Crippen LogP contribution in [-0.4, -0.2) is 17.1 Å². The molecule has 0 radical (unpaired) electrons. The highest BCUT2D eigenvalue weighted by Gasteiger charge is 2.08. The molecule has 2 N–H and O–H groups in total. The maximum atomic E-state index is 11.9. The fraction of sp³-hybridized carbons (Fsp3) is 0.286. The summed E-state index contributed by atoms with van der Waals surface area (Å²) in [5, 5.41) is 3.06. The Morgan fingerprint density at radius 3 is 2.74 bits per heavy atom. The summed E-state index contributed by atoms with van der Waals surface area (Å²) in [6, 6.07) is 7.47. The molecule has 100 valence electrons. The smallest absolute Gasteiger partial charge is 0.255 e. The minimum Gasteiger partial charge on any atom is -0.495 e. The number of H-pyrrole nitrogens is 1.